The minimum absolute atomic E-state index is 0. The molecule has 0 radical (unpaired) electrons. The second kappa shape index (κ2) is 15.2. The van der Waals surface area contributed by atoms with Gasteiger partial charge in [-0.25, -0.2) is 0 Å². The molecule has 1 heterocycles. The predicted molar refractivity (Wildman–Crippen MR) is 121 cm³/mol. The molecule has 1 saturated heterocycles. The first kappa shape index (κ1) is 24.3. The molecule has 1 fully saturated rings. The molecule has 2 N–H and O–H groups in total. The topological polar surface area (TPSA) is 72.0 Å². The molecule has 2 rings (SSSR count). The third-order valence-corrected chi connectivity index (χ3v) is 5.40. The van der Waals surface area contributed by atoms with Gasteiger partial charge in [0.2, 0.25) is 0 Å². The minimum atomic E-state index is -0.991. The first-order valence-electron chi connectivity index (χ1n) is 9.40. The molecule has 0 bridgehead atoms. The van der Waals surface area contributed by atoms with E-state index < -0.39 is 10.8 Å². The first-order valence-corrected chi connectivity index (χ1v) is 10.7. The number of halogens is 1. The van der Waals surface area contributed by atoms with Gasteiger partial charge in [0.05, 0.1) is 24.0 Å². The van der Waals surface area contributed by atoms with Gasteiger partial charge in [0.25, 0.3) is 0 Å². The van der Waals surface area contributed by atoms with Crippen LogP contribution >= 0.6 is 24.0 Å². The van der Waals surface area contributed by atoms with Crippen LogP contribution in [0.5, 0.6) is 0 Å². The van der Waals surface area contributed by atoms with Crippen molar-refractivity contribution in [2.75, 3.05) is 51.8 Å². The second-order valence-corrected chi connectivity index (χ2v) is 7.78. The smallest absolute Gasteiger partial charge is 0.191 e. The van der Waals surface area contributed by atoms with Gasteiger partial charge in [-0.2, -0.15) is 0 Å². The molecule has 1 aromatic rings. The van der Waals surface area contributed by atoms with Crippen LogP contribution in [0, 0.1) is 5.92 Å². The molecule has 1 aromatic carbocycles. The maximum Gasteiger partial charge on any atom is 0.191 e. The van der Waals surface area contributed by atoms with Crippen molar-refractivity contribution in [3.05, 3.63) is 30.3 Å². The fraction of sp³-hybridized carbons (Fsp3) is 0.632. The first-order chi connectivity index (χ1) is 12.8. The zero-order valence-corrected chi connectivity index (χ0v) is 19.2. The Morgan fingerprint density at radius 3 is 2.85 bits per heavy atom. The van der Waals surface area contributed by atoms with Crippen LogP contribution in [-0.2, 0) is 20.3 Å². The highest BCUT2D eigenvalue weighted by Gasteiger charge is 2.15. The zero-order valence-electron chi connectivity index (χ0n) is 16.0. The van der Waals surface area contributed by atoms with Gasteiger partial charge in [-0.3, -0.25) is 9.20 Å². The molecule has 0 aliphatic carbocycles. The number of guanidine groups is 1. The largest absolute Gasteiger partial charge is 0.381 e. The molecule has 6 nitrogen and oxygen atoms in total. The second-order valence-electron chi connectivity index (χ2n) is 6.21. The van der Waals surface area contributed by atoms with Crippen LogP contribution in [-0.4, -0.2) is 62.0 Å². The van der Waals surface area contributed by atoms with E-state index in [0.717, 1.165) is 56.7 Å². The molecule has 1 aliphatic rings. The molecular formula is C19H32IN3O3S. The van der Waals surface area contributed by atoms with E-state index in [-0.39, 0.29) is 24.0 Å². The molecule has 2 atom stereocenters. The fourth-order valence-corrected chi connectivity index (χ4v) is 3.60. The van der Waals surface area contributed by atoms with E-state index in [0.29, 0.717) is 24.8 Å². The van der Waals surface area contributed by atoms with Gasteiger partial charge in [-0.05, 0) is 31.9 Å². The summed E-state index contributed by atoms with van der Waals surface area (Å²) in [6, 6.07) is 9.54. The molecule has 0 saturated carbocycles. The molecule has 154 valence electrons. The Labute approximate surface area is 182 Å². The van der Waals surface area contributed by atoms with Crippen molar-refractivity contribution >= 4 is 40.7 Å². The lowest BCUT2D eigenvalue weighted by molar-refractivity contribution is 0.0893. The highest BCUT2D eigenvalue weighted by molar-refractivity contribution is 14.0. The summed E-state index contributed by atoms with van der Waals surface area (Å²) in [4.78, 5) is 5.41. The van der Waals surface area contributed by atoms with Crippen LogP contribution in [0.2, 0.25) is 0 Å². The number of hydrogen-bond donors (Lipinski definition) is 2. The van der Waals surface area contributed by atoms with Crippen molar-refractivity contribution in [3.63, 3.8) is 0 Å². The Hall–Kier alpha value is -0.710. The van der Waals surface area contributed by atoms with Crippen molar-refractivity contribution in [1.82, 2.24) is 10.6 Å². The summed E-state index contributed by atoms with van der Waals surface area (Å²) >= 11 is 0. The number of ether oxygens (including phenoxy) is 2. The SMILES string of the molecule is CCNC(=NCCCOCC1CCOC1)NCCS(=O)c1ccccc1.I. The number of benzene rings is 1. The summed E-state index contributed by atoms with van der Waals surface area (Å²) in [6.45, 7) is 7.36. The quantitative estimate of drug-likeness (QED) is 0.208. The summed E-state index contributed by atoms with van der Waals surface area (Å²) in [5, 5.41) is 6.46. The Morgan fingerprint density at radius 1 is 1.33 bits per heavy atom. The Bertz CT molecular complexity index is 554. The summed E-state index contributed by atoms with van der Waals surface area (Å²) in [5.41, 5.74) is 0. The van der Waals surface area contributed by atoms with Crippen LogP contribution in [0.4, 0.5) is 0 Å². The highest BCUT2D eigenvalue weighted by Crippen LogP contribution is 2.12. The number of nitrogens with zero attached hydrogens (tertiary/aromatic N) is 1. The monoisotopic (exact) mass is 509 g/mol. The molecular weight excluding hydrogens is 477 g/mol. The van der Waals surface area contributed by atoms with Gasteiger partial charge in [0.1, 0.15) is 0 Å². The van der Waals surface area contributed by atoms with Gasteiger partial charge < -0.3 is 20.1 Å². The van der Waals surface area contributed by atoms with E-state index in [9.17, 15) is 4.21 Å². The molecule has 8 heteroatoms. The molecule has 0 amide bonds. The highest BCUT2D eigenvalue weighted by atomic mass is 127. The van der Waals surface area contributed by atoms with Gasteiger partial charge >= 0.3 is 0 Å². The number of hydrogen-bond acceptors (Lipinski definition) is 4. The van der Waals surface area contributed by atoms with Crippen LogP contribution < -0.4 is 10.6 Å². The predicted octanol–water partition coefficient (Wildman–Crippen LogP) is 2.41. The van der Waals surface area contributed by atoms with Crippen LogP contribution in [0.3, 0.4) is 0 Å². The third kappa shape index (κ3) is 10.4. The minimum Gasteiger partial charge on any atom is -0.381 e. The molecule has 27 heavy (non-hydrogen) atoms. The zero-order chi connectivity index (χ0) is 18.5. The van der Waals surface area contributed by atoms with Crippen molar-refractivity contribution in [2.24, 2.45) is 10.9 Å². The van der Waals surface area contributed by atoms with Gasteiger partial charge in [0.15, 0.2) is 5.96 Å². The summed E-state index contributed by atoms with van der Waals surface area (Å²) in [6.07, 6.45) is 2.00. The van der Waals surface area contributed by atoms with E-state index in [2.05, 4.69) is 15.6 Å². The van der Waals surface area contributed by atoms with E-state index in [1.54, 1.807) is 0 Å². The molecule has 2 unspecified atom stereocenters. The van der Waals surface area contributed by atoms with Gasteiger partial charge in [-0.1, -0.05) is 18.2 Å². The summed E-state index contributed by atoms with van der Waals surface area (Å²) in [7, 11) is -0.991. The Kier molecular flexibility index (Phi) is 13.7. The third-order valence-electron chi connectivity index (χ3n) is 4.02. The Balaban J connectivity index is 0.00000364. The normalized spacial score (nSPS) is 18.0. The number of nitrogens with one attached hydrogen (secondary N) is 2. The lowest BCUT2D eigenvalue weighted by Crippen LogP contribution is -2.39. The number of aliphatic imine (C=N–C) groups is 1. The van der Waals surface area contributed by atoms with Crippen molar-refractivity contribution < 1.29 is 13.7 Å². The fourth-order valence-electron chi connectivity index (χ4n) is 2.62. The van der Waals surface area contributed by atoms with Crippen molar-refractivity contribution in [2.45, 2.75) is 24.7 Å². The van der Waals surface area contributed by atoms with E-state index >= 15 is 0 Å². The van der Waals surface area contributed by atoms with E-state index in [4.69, 9.17) is 9.47 Å². The average Bonchev–Trinajstić information content (AvgIpc) is 3.18. The Morgan fingerprint density at radius 2 is 2.15 bits per heavy atom. The molecule has 1 aliphatic heterocycles. The van der Waals surface area contributed by atoms with Gasteiger partial charge in [-0.15, -0.1) is 24.0 Å². The van der Waals surface area contributed by atoms with Gasteiger partial charge in [0, 0.05) is 49.4 Å². The summed E-state index contributed by atoms with van der Waals surface area (Å²) in [5.74, 6) is 1.88. The van der Waals surface area contributed by atoms with Crippen LogP contribution in [0.25, 0.3) is 0 Å². The van der Waals surface area contributed by atoms with E-state index in [1.165, 1.54) is 0 Å². The standard InChI is InChI=1S/C19H31N3O3S.HI/c1-2-20-19(21-10-6-12-24-15-17-9-13-25-16-17)22-11-14-26(23)18-7-4-3-5-8-18;/h3-5,7-8,17H,2,6,9-16H2,1H3,(H2,20,21,22);1H. The average molecular weight is 509 g/mol. The molecule has 0 aromatic heterocycles. The summed E-state index contributed by atoms with van der Waals surface area (Å²) < 4.78 is 23.2. The number of rotatable bonds is 11. The lowest BCUT2D eigenvalue weighted by atomic mass is 10.1. The maximum atomic E-state index is 12.2. The van der Waals surface area contributed by atoms with Crippen LogP contribution in [0.1, 0.15) is 19.8 Å². The van der Waals surface area contributed by atoms with Crippen molar-refractivity contribution in [1.29, 1.82) is 0 Å². The lowest BCUT2D eigenvalue weighted by Gasteiger charge is -2.11. The molecule has 0 spiro atoms. The van der Waals surface area contributed by atoms with Crippen LogP contribution in [0.15, 0.2) is 40.2 Å². The maximum absolute atomic E-state index is 12.2. The van der Waals surface area contributed by atoms with E-state index in [1.807, 2.05) is 37.3 Å². The van der Waals surface area contributed by atoms with Crippen molar-refractivity contribution in [3.8, 4) is 0 Å².